The Balaban J connectivity index is 4.41. The van der Waals surface area contributed by atoms with Gasteiger partial charge in [-0.25, -0.2) is 4.90 Å². The van der Waals surface area contributed by atoms with Crippen molar-refractivity contribution in [1.82, 2.24) is 4.90 Å². The Bertz CT molecular complexity index is 138. The smallest absolute Gasteiger partial charge is 0.135 e. The van der Waals surface area contributed by atoms with E-state index >= 15 is 0 Å². The van der Waals surface area contributed by atoms with E-state index in [2.05, 4.69) is 0 Å². The van der Waals surface area contributed by atoms with Crippen molar-refractivity contribution in [2.75, 3.05) is 0 Å². The Morgan fingerprint density at radius 3 is 1.57 bits per heavy atom. The number of rotatable bonds is 6. The number of nitrogens with zero attached hydrogens (tertiary/aromatic N) is 1. The SMILES string of the molecule is CC[CH]N(C(O)C(C)O)C(O)C(C)O. The van der Waals surface area contributed by atoms with Crippen LogP contribution in [0.15, 0.2) is 0 Å². The summed E-state index contributed by atoms with van der Waals surface area (Å²) in [5.41, 5.74) is 0. The van der Waals surface area contributed by atoms with Gasteiger partial charge >= 0.3 is 0 Å². The molecule has 5 heteroatoms. The maximum Gasteiger partial charge on any atom is 0.135 e. The second kappa shape index (κ2) is 6.31. The van der Waals surface area contributed by atoms with Crippen LogP contribution in [-0.4, -0.2) is 50.0 Å². The molecule has 0 saturated carbocycles. The second-order valence-corrected chi connectivity index (χ2v) is 3.35. The molecule has 0 aromatic rings. The maximum absolute atomic E-state index is 9.51. The van der Waals surface area contributed by atoms with Crippen LogP contribution in [0.4, 0.5) is 0 Å². The minimum atomic E-state index is -1.21. The third-order valence-electron chi connectivity index (χ3n) is 1.87. The van der Waals surface area contributed by atoms with Gasteiger partial charge in [0.05, 0.1) is 12.2 Å². The molecule has 4 unspecified atom stereocenters. The van der Waals surface area contributed by atoms with Crippen molar-refractivity contribution < 1.29 is 20.4 Å². The zero-order chi connectivity index (χ0) is 11.3. The van der Waals surface area contributed by atoms with E-state index in [1.165, 1.54) is 20.4 Å². The fraction of sp³-hybridized carbons (Fsp3) is 0.889. The van der Waals surface area contributed by atoms with Crippen molar-refractivity contribution in [3.63, 3.8) is 0 Å². The fourth-order valence-electron chi connectivity index (χ4n) is 1.08. The zero-order valence-corrected chi connectivity index (χ0v) is 8.83. The number of hydrogen-bond acceptors (Lipinski definition) is 5. The largest absolute Gasteiger partial charge is 0.389 e. The lowest BCUT2D eigenvalue weighted by atomic mass is 10.2. The van der Waals surface area contributed by atoms with Crippen LogP contribution in [0.2, 0.25) is 0 Å². The van der Waals surface area contributed by atoms with Crippen molar-refractivity contribution in [2.24, 2.45) is 0 Å². The zero-order valence-electron chi connectivity index (χ0n) is 8.83. The molecule has 14 heavy (non-hydrogen) atoms. The molecule has 0 heterocycles. The summed E-state index contributed by atoms with van der Waals surface area (Å²) in [5.74, 6) is 0. The molecule has 5 nitrogen and oxygen atoms in total. The fourth-order valence-corrected chi connectivity index (χ4v) is 1.08. The van der Waals surface area contributed by atoms with Crippen LogP contribution in [0.5, 0.6) is 0 Å². The average Bonchev–Trinajstić information content (AvgIpc) is 2.11. The van der Waals surface area contributed by atoms with E-state index in [-0.39, 0.29) is 0 Å². The molecule has 0 aliphatic heterocycles. The van der Waals surface area contributed by atoms with Crippen LogP contribution in [-0.2, 0) is 0 Å². The minimum Gasteiger partial charge on any atom is -0.389 e. The van der Waals surface area contributed by atoms with Gasteiger partial charge in [-0.2, -0.15) is 0 Å². The first kappa shape index (κ1) is 13.8. The highest BCUT2D eigenvalue weighted by Gasteiger charge is 2.28. The standard InChI is InChI=1S/C9H20NO4/c1-4-5-10(8(13)6(2)11)9(14)7(3)12/h5-9,11-14H,4H2,1-3H3. The highest BCUT2D eigenvalue weighted by molar-refractivity contribution is 4.78. The maximum atomic E-state index is 9.51. The summed E-state index contributed by atoms with van der Waals surface area (Å²) in [7, 11) is 0. The quantitative estimate of drug-likeness (QED) is 0.430. The van der Waals surface area contributed by atoms with Crippen LogP contribution < -0.4 is 0 Å². The van der Waals surface area contributed by atoms with E-state index in [0.717, 1.165) is 4.90 Å². The third-order valence-corrected chi connectivity index (χ3v) is 1.87. The van der Waals surface area contributed by atoms with Gasteiger partial charge in [0.2, 0.25) is 0 Å². The summed E-state index contributed by atoms with van der Waals surface area (Å²) in [6.45, 7) is 6.19. The van der Waals surface area contributed by atoms with Crippen molar-refractivity contribution in [1.29, 1.82) is 0 Å². The summed E-state index contributed by atoms with van der Waals surface area (Å²) in [6.07, 6.45) is -3.82. The highest BCUT2D eigenvalue weighted by atomic mass is 16.4. The monoisotopic (exact) mass is 206 g/mol. The normalized spacial score (nSPS) is 20.6. The molecule has 0 aliphatic carbocycles. The Hall–Kier alpha value is -0.200. The average molecular weight is 206 g/mol. The summed E-state index contributed by atoms with van der Waals surface area (Å²) in [5, 5.41) is 37.3. The first-order chi connectivity index (χ1) is 6.41. The lowest BCUT2D eigenvalue weighted by molar-refractivity contribution is -0.158. The van der Waals surface area contributed by atoms with Crippen LogP contribution in [0.25, 0.3) is 0 Å². The molecule has 0 spiro atoms. The van der Waals surface area contributed by atoms with Crippen LogP contribution in [0, 0.1) is 6.54 Å². The first-order valence-electron chi connectivity index (χ1n) is 4.74. The molecule has 85 valence electrons. The molecular formula is C9H20NO4. The summed E-state index contributed by atoms with van der Waals surface area (Å²) in [4.78, 5) is 1.15. The lowest BCUT2D eigenvalue weighted by Crippen LogP contribution is -2.50. The Morgan fingerprint density at radius 1 is 1.00 bits per heavy atom. The van der Waals surface area contributed by atoms with E-state index in [9.17, 15) is 10.2 Å². The van der Waals surface area contributed by atoms with Gasteiger partial charge in [-0.1, -0.05) is 6.92 Å². The van der Waals surface area contributed by atoms with Gasteiger partial charge in [0.15, 0.2) is 0 Å². The topological polar surface area (TPSA) is 84.2 Å². The van der Waals surface area contributed by atoms with Crippen molar-refractivity contribution >= 4 is 0 Å². The molecule has 0 bridgehead atoms. The van der Waals surface area contributed by atoms with Gasteiger partial charge in [0, 0.05) is 6.54 Å². The van der Waals surface area contributed by atoms with Crippen LogP contribution in [0.3, 0.4) is 0 Å². The molecule has 0 fully saturated rings. The summed E-state index contributed by atoms with van der Waals surface area (Å²) in [6, 6.07) is 0. The molecule has 4 N–H and O–H groups in total. The van der Waals surface area contributed by atoms with Gasteiger partial charge in [-0.15, -0.1) is 0 Å². The Labute approximate surface area is 84.6 Å². The second-order valence-electron chi connectivity index (χ2n) is 3.35. The van der Waals surface area contributed by atoms with Gasteiger partial charge in [-0.3, -0.25) is 0 Å². The van der Waals surface area contributed by atoms with Crippen molar-refractivity contribution in [3.8, 4) is 0 Å². The van der Waals surface area contributed by atoms with Crippen molar-refractivity contribution in [2.45, 2.75) is 51.9 Å². The molecule has 0 saturated heterocycles. The lowest BCUT2D eigenvalue weighted by Gasteiger charge is -2.34. The molecule has 4 atom stereocenters. The van der Waals surface area contributed by atoms with Crippen molar-refractivity contribution in [3.05, 3.63) is 6.54 Å². The molecule has 0 aliphatic rings. The van der Waals surface area contributed by atoms with Gasteiger partial charge in [0.1, 0.15) is 12.5 Å². The van der Waals surface area contributed by atoms with Crippen LogP contribution >= 0.6 is 0 Å². The number of hydrogen-bond donors (Lipinski definition) is 4. The van der Waals surface area contributed by atoms with E-state index in [0.29, 0.717) is 6.42 Å². The predicted molar refractivity (Wildman–Crippen MR) is 51.8 cm³/mol. The molecule has 0 aromatic carbocycles. The molecule has 0 rings (SSSR count). The van der Waals surface area contributed by atoms with E-state index < -0.39 is 24.7 Å². The van der Waals surface area contributed by atoms with E-state index in [4.69, 9.17) is 10.2 Å². The summed E-state index contributed by atoms with van der Waals surface area (Å²) < 4.78 is 0. The number of aliphatic hydroxyl groups is 4. The van der Waals surface area contributed by atoms with Crippen LogP contribution in [0.1, 0.15) is 27.2 Å². The Kier molecular flexibility index (Phi) is 6.22. The highest BCUT2D eigenvalue weighted by Crippen LogP contribution is 2.12. The Morgan fingerprint density at radius 2 is 1.36 bits per heavy atom. The van der Waals surface area contributed by atoms with Gasteiger partial charge in [-0.05, 0) is 20.3 Å². The molecule has 1 radical (unpaired) electrons. The third kappa shape index (κ3) is 3.89. The van der Waals surface area contributed by atoms with E-state index in [1.807, 2.05) is 6.92 Å². The summed E-state index contributed by atoms with van der Waals surface area (Å²) >= 11 is 0. The van der Waals surface area contributed by atoms with Gasteiger partial charge < -0.3 is 20.4 Å². The number of aliphatic hydroxyl groups excluding tert-OH is 4. The molecule has 0 aromatic heterocycles. The minimum absolute atomic E-state index is 0.591. The first-order valence-corrected chi connectivity index (χ1v) is 4.74. The predicted octanol–water partition coefficient (Wildman–Crippen LogP) is -0.741. The molecular weight excluding hydrogens is 186 g/mol. The van der Waals surface area contributed by atoms with Gasteiger partial charge in [0.25, 0.3) is 0 Å². The molecule has 0 amide bonds. The van der Waals surface area contributed by atoms with E-state index in [1.54, 1.807) is 0 Å².